The fourth-order valence-corrected chi connectivity index (χ4v) is 1.93. The Hall–Kier alpha value is -1.89. The molecule has 0 atom stereocenters. The van der Waals surface area contributed by atoms with E-state index in [1.165, 1.54) is 0 Å². The van der Waals surface area contributed by atoms with Crippen molar-refractivity contribution in [1.82, 2.24) is 9.55 Å². The lowest BCUT2D eigenvalue weighted by molar-refractivity contribution is -0.825. The zero-order valence-electron chi connectivity index (χ0n) is 9.00. The molecule has 1 aromatic heterocycles. The van der Waals surface area contributed by atoms with E-state index in [0.29, 0.717) is 23.7 Å². The Morgan fingerprint density at radius 1 is 1.47 bits per heavy atom. The van der Waals surface area contributed by atoms with Crippen LogP contribution in [0.4, 0.5) is 5.69 Å². The molecule has 6 heteroatoms. The molecule has 0 fully saturated rings. The summed E-state index contributed by atoms with van der Waals surface area (Å²) in [6.07, 6.45) is 1.79. The molecule has 0 saturated heterocycles. The summed E-state index contributed by atoms with van der Waals surface area (Å²) in [7, 11) is 0. The molecule has 0 amide bonds. The summed E-state index contributed by atoms with van der Waals surface area (Å²) in [6, 6.07) is 5.40. The number of rotatable bonds is 2. The number of aromatic nitrogens is 2. The number of nitrogens with two attached hydrogens (primary N) is 1. The molecule has 2 aromatic rings. The van der Waals surface area contributed by atoms with E-state index in [2.05, 4.69) is 4.98 Å². The maximum atomic E-state index is 9.06. The van der Waals surface area contributed by atoms with Crippen LogP contribution in [-0.2, 0) is 13.2 Å². The second-order valence-electron chi connectivity index (χ2n) is 3.82. The summed E-state index contributed by atoms with van der Waals surface area (Å²) in [5, 5.41) is 18.0. The van der Waals surface area contributed by atoms with E-state index in [9.17, 15) is 0 Å². The highest BCUT2D eigenvalue weighted by Gasteiger charge is 2.20. The number of hydrogen-bond acceptors (Lipinski definition) is 4. The highest BCUT2D eigenvalue weighted by atomic mass is 16.5. The molecule has 4 N–H and O–H groups in total. The van der Waals surface area contributed by atoms with Crippen LogP contribution >= 0.6 is 0 Å². The van der Waals surface area contributed by atoms with Gasteiger partial charge in [-0.25, -0.2) is 10.2 Å². The smallest absolute Gasteiger partial charge is 0.165 e. The molecule has 0 saturated carbocycles. The Labute approximate surface area is 97.1 Å². The van der Waals surface area contributed by atoms with E-state index in [1.807, 2.05) is 10.6 Å². The molecule has 88 valence electrons. The number of imidazole rings is 1. The number of quaternary nitrogens is 1. The largest absolute Gasteiger partial charge is 0.483 e. The molecule has 0 bridgehead atoms. The predicted molar refractivity (Wildman–Crippen MR) is 57.2 cm³/mol. The SMILES string of the molecule is OCc1cn2c(n1)COc1cc([NH2+]O)ccc1-2. The Bertz CT molecular complexity index is 565. The quantitative estimate of drug-likeness (QED) is 0.498. The van der Waals surface area contributed by atoms with Crippen molar-refractivity contribution in [2.75, 3.05) is 0 Å². The molecular weight excluding hydrogens is 222 g/mol. The van der Waals surface area contributed by atoms with Crippen molar-refractivity contribution in [3.63, 3.8) is 0 Å². The van der Waals surface area contributed by atoms with Gasteiger partial charge in [-0.2, -0.15) is 5.48 Å². The predicted octanol–water partition coefficient (Wildman–Crippen LogP) is -0.159. The summed E-state index contributed by atoms with van der Waals surface area (Å²) in [5.74, 6) is 1.46. The molecule has 1 aliphatic heterocycles. The van der Waals surface area contributed by atoms with Crippen molar-refractivity contribution in [3.05, 3.63) is 35.9 Å². The van der Waals surface area contributed by atoms with Crippen molar-refractivity contribution < 1.29 is 20.5 Å². The maximum absolute atomic E-state index is 9.06. The monoisotopic (exact) mass is 234 g/mol. The van der Waals surface area contributed by atoms with E-state index in [-0.39, 0.29) is 6.61 Å². The van der Waals surface area contributed by atoms with Gasteiger partial charge in [0.15, 0.2) is 11.5 Å². The van der Waals surface area contributed by atoms with E-state index in [1.54, 1.807) is 18.3 Å². The summed E-state index contributed by atoms with van der Waals surface area (Å²) in [6.45, 7) is 0.277. The van der Waals surface area contributed by atoms with Crippen molar-refractivity contribution >= 4 is 5.69 Å². The van der Waals surface area contributed by atoms with Crippen LogP contribution in [0.1, 0.15) is 11.5 Å². The number of benzene rings is 1. The van der Waals surface area contributed by atoms with E-state index in [0.717, 1.165) is 17.0 Å². The molecule has 0 spiro atoms. The molecule has 0 aliphatic carbocycles. The molecular formula is C11H12N3O3+. The number of hydrogen-bond donors (Lipinski definition) is 3. The van der Waals surface area contributed by atoms with Gasteiger partial charge in [-0.1, -0.05) is 0 Å². The van der Waals surface area contributed by atoms with Crippen LogP contribution in [0.3, 0.4) is 0 Å². The molecule has 3 rings (SSSR count). The van der Waals surface area contributed by atoms with Crippen molar-refractivity contribution in [2.45, 2.75) is 13.2 Å². The van der Waals surface area contributed by atoms with Crippen molar-refractivity contribution in [3.8, 4) is 11.4 Å². The van der Waals surface area contributed by atoms with Gasteiger partial charge in [0.25, 0.3) is 0 Å². The average Bonchev–Trinajstić information content (AvgIpc) is 2.81. The lowest BCUT2D eigenvalue weighted by atomic mass is 10.2. The van der Waals surface area contributed by atoms with Crippen LogP contribution in [0.5, 0.6) is 5.75 Å². The minimum absolute atomic E-state index is 0.0855. The molecule has 0 unspecified atom stereocenters. The molecule has 17 heavy (non-hydrogen) atoms. The molecule has 0 radical (unpaired) electrons. The first-order valence-electron chi connectivity index (χ1n) is 5.24. The zero-order valence-corrected chi connectivity index (χ0v) is 9.00. The number of ether oxygens (including phenoxy) is 1. The maximum Gasteiger partial charge on any atom is 0.165 e. The normalized spacial score (nSPS) is 12.8. The Balaban J connectivity index is 2.12. The van der Waals surface area contributed by atoms with Gasteiger partial charge < -0.3 is 9.84 Å². The molecule has 1 aromatic carbocycles. The first-order valence-corrected chi connectivity index (χ1v) is 5.24. The van der Waals surface area contributed by atoms with Gasteiger partial charge >= 0.3 is 0 Å². The first-order chi connectivity index (χ1) is 8.31. The summed E-state index contributed by atoms with van der Waals surface area (Å²) < 4.78 is 7.45. The fourth-order valence-electron chi connectivity index (χ4n) is 1.93. The Morgan fingerprint density at radius 3 is 3.12 bits per heavy atom. The van der Waals surface area contributed by atoms with Gasteiger partial charge in [-0.05, 0) is 6.07 Å². The number of aliphatic hydroxyl groups excluding tert-OH is 1. The van der Waals surface area contributed by atoms with Crippen LogP contribution in [0, 0.1) is 0 Å². The molecule has 2 heterocycles. The first kappa shape index (κ1) is 10.3. The van der Waals surface area contributed by atoms with Crippen LogP contribution in [0.2, 0.25) is 0 Å². The fraction of sp³-hybridized carbons (Fsp3) is 0.182. The second-order valence-corrected chi connectivity index (χ2v) is 3.82. The van der Waals surface area contributed by atoms with Crippen LogP contribution < -0.4 is 10.2 Å². The Morgan fingerprint density at radius 2 is 2.35 bits per heavy atom. The molecule has 6 nitrogen and oxygen atoms in total. The third-order valence-corrected chi connectivity index (χ3v) is 2.74. The van der Waals surface area contributed by atoms with Crippen LogP contribution in [0.15, 0.2) is 24.4 Å². The van der Waals surface area contributed by atoms with Crippen LogP contribution in [-0.4, -0.2) is 19.9 Å². The standard InChI is InChI=1S/C11H11N3O3/c15-5-8-4-14-9-2-1-7(13-16)3-10(9)17-6-11(14)12-8/h1-4,13,15-16H,5-6H2/p+1. The number of nitrogens with zero attached hydrogens (tertiary/aromatic N) is 2. The molecule has 1 aliphatic rings. The topological polar surface area (TPSA) is 84.1 Å². The van der Waals surface area contributed by atoms with Gasteiger partial charge in [0.2, 0.25) is 0 Å². The van der Waals surface area contributed by atoms with Gasteiger partial charge in [-0.15, -0.1) is 0 Å². The average molecular weight is 234 g/mol. The van der Waals surface area contributed by atoms with Gasteiger partial charge in [0.1, 0.15) is 12.4 Å². The van der Waals surface area contributed by atoms with E-state index in [4.69, 9.17) is 15.1 Å². The van der Waals surface area contributed by atoms with Gasteiger partial charge in [-0.3, -0.25) is 4.57 Å². The van der Waals surface area contributed by atoms with Gasteiger partial charge in [0, 0.05) is 18.3 Å². The van der Waals surface area contributed by atoms with Crippen molar-refractivity contribution in [2.24, 2.45) is 0 Å². The Kier molecular flexibility index (Phi) is 2.32. The minimum Gasteiger partial charge on any atom is -0.483 e. The zero-order chi connectivity index (χ0) is 11.8. The minimum atomic E-state index is -0.0855. The lowest BCUT2D eigenvalue weighted by Crippen LogP contribution is -2.73. The summed E-state index contributed by atoms with van der Waals surface area (Å²) >= 11 is 0. The highest BCUT2D eigenvalue weighted by Crippen LogP contribution is 2.31. The van der Waals surface area contributed by atoms with E-state index >= 15 is 0 Å². The highest BCUT2D eigenvalue weighted by molar-refractivity contribution is 5.54. The third-order valence-electron chi connectivity index (χ3n) is 2.74. The number of fused-ring (bicyclic) bond motifs is 3. The lowest BCUT2D eigenvalue weighted by Gasteiger charge is -2.18. The second kappa shape index (κ2) is 3.85. The van der Waals surface area contributed by atoms with Crippen LogP contribution in [0.25, 0.3) is 5.69 Å². The van der Waals surface area contributed by atoms with Crippen molar-refractivity contribution in [1.29, 1.82) is 0 Å². The van der Waals surface area contributed by atoms with Gasteiger partial charge in [0.05, 0.1) is 18.0 Å². The third kappa shape index (κ3) is 1.59. The summed E-state index contributed by atoms with van der Waals surface area (Å²) in [4.78, 5) is 4.24. The number of aliphatic hydroxyl groups is 1. The summed E-state index contributed by atoms with van der Waals surface area (Å²) in [5.41, 5.74) is 3.21. The van der Waals surface area contributed by atoms with E-state index < -0.39 is 0 Å².